The molecule has 0 saturated carbocycles. The number of nitrogens with one attached hydrogen (secondary N) is 1. The summed E-state index contributed by atoms with van der Waals surface area (Å²) in [5.74, 6) is -1.15. The lowest BCUT2D eigenvalue weighted by Crippen LogP contribution is -2.07. The number of nitrogens with zero attached hydrogens (tertiary/aromatic N) is 2. The van der Waals surface area contributed by atoms with Crippen molar-refractivity contribution in [3.8, 4) is 33.3 Å². The maximum atomic E-state index is 10.7. The van der Waals surface area contributed by atoms with Crippen LogP contribution in [0.2, 0.25) is 0 Å². The topological polar surface area (TPSA) is 129 Å². The van der Waals surface area contributed by atoms with Crippen LogP contribution in [0, 0.1) is 6.92 Å². The molecule has 0 aliphatic heterocycles. The van der Waals surface area contributed by atoms with Crippen molar-refractivity contribution in [1.29, 1.82) is 0 Å². The van der Waals surface area contributed by atoms with Crippen molar-refractivity contribution < 1.29 is 24.9 Å². The second kappa shape index (κ2) is 7.77. The highest BCUT2D eigenvalue weighted by Crippen LogP contribution is 2.41. The fraction of sp³-hybridized carbons (Fsp3) is 0.278. The first-order chi connectivity index (χ1) is 12.9. The predicted octanol–water partition coefficient (Wildman–Crippen LogP) is 3.08. The van der Waals surface area contributed by atoms with E-state index in [-0.39, 0.29) is 18.1 Å². The van der Waals surface area contributed by atoms with Crippen molar-refractivity contribution in [3.63, 3.8) is 0 Å². The minimum Gasteiger partial charge on any atom is -0.508 e. The molecule has 8 nitrogen and oxygen atoms in total. The molecule has 3 rings (SSSR count). The SMILES string of the molecule is CCc1cc(-c2n[nH]c(COCC(=O)O)c2-c2nc(C)cs2)c(O)cc1O. The molecule has 3 aromatic rings. The first-order valence-corrected chi connectivity index (χ1v) is 9.13. The van der Waals surface area contributed by atoms with Crippen LogP contribution in [-0.2, 0) is 22.6 Å². The molecule has 9 heteroatoms. The lowest BCUT2D eigenvalue weighted by molar-refractivity contribution is -0.142. The van der Waals surface area contributed by atoms with Crippen LogP contribution in [0.25, 0.3) is 21.8 Å². The van der Waals surface area contributed by atoms with Crippen molar-refractivity contribution in [1.82, 2.24) is 15.2 Å². The summed E-state index contributed by atoms with van der Waals surface area (Å²) in [6.45, 7) is 3.34. The quantitative estimate of drug-likeness (QED) is 0.489. The van der Waals surface area contributed by atoms with Gasteiger partial charge in [-0.3, -0.25) is 5.10 Å². The molecular weight excluding hydrogens is 370 g/mol. The molecule has 2 aromatic heterocycles. The molecule has 1 aromatic carbocycles. The number of carboxylic acid groups (broad SMARTS) is 1. The van der Waals surface area contributed by atoms with Crippen molar-refractivity contribution in [2.75, 3.05) is 6.61 Å². The lowest BCUT2D eigenvalue weighted by Gasteiger charge is -2.09. The van der Waals surface area contributed by atoms with Crippen molar-refractivity contribution in [2.24, 2.45) is 0 Å². The summed E-state index contributed by atoms with van der Waals surface area (Å²) < 4.78 is 5.20. The molecule has 0 spiro atoms. The van der Waals surface area contributed by atoms with Gasteiger partial charge in [-0.05, 0) is 25.0 Å². The molecule has 0 aliphatic carbocycles. The molecule has 0 fully saturated rings. The number of carboxylic acids is 1. The first kappa shape index (κ1) is 18.9. The summed E-state index contributed by atoms with van der Waals surface area (Å²) in [4.78, 5) is 15.2. The van der Waals surface area contributed by atoms with Gasteiger partial charge in [-0.25, -0.2) is 9.78 Å². The highest BCUT2D eigenvalue weighted by Gasteiger charge is 2.22. The van der Waals surface area contributed by atoms with E-state index in [4.69, 9.17) is 9.84 Å². The number of H-pyrrole nitrogens is 1. The zero-order valence-electron chi connectivity index (χ0n) is 14.8. The molecule has 0 bridgehead atoms. The van der Waals surface area contributed by atoms with Crippen LogP contribution in [0.1, 0.15) is 23.9 Å². The molecule has 0 saturated heterocycles. The van der Waals surface area contributed by atoms with E-state index in [0.29, 0.717) is 39.5 Å². The highest BCUT2D eigenvalue weighted by molar-refractivity contribution is 7.13. The summed E-state index contributed by atoms with van der Waals surface area (Å²) in [7, 11) is 0. The number of hydrogen-bond donors (Lipinski definition) is 4. The van der Waals surface area contributed by atoms with E-state index < -0.39 is 12.6 Å². The number of phenolic OH excluding ortho intramolecular Hbond substituents is 2. The zero-order valence-corrected chi connectivity index (χ0v) is 15.6. The van der Waals surface area contributed by atoms with Gasteiger partial charge in [-0.1, -0.05) is 6.92 Å². The van der Waals surface area contributed by atoms with E-state index in [1.165, 1.54) is 17.4 Å². The smallest absolute Gasteiger partial charge is 0.329 e. The number of phenols is 2. The number of rotatable bonds is 7. The Morgan fingerprint density at radius 2 is 2.07 bits per heavy atom. The van der Waals surface area contributed by atoms with Crippen molar-refractivity contribution in [3.05, 3.63) is 34.5 Å². The van der Waals surface area contributed by atoms with Crippen LogP contribution >= 0.6 is 11.3 Å². The van der Waals surface area contributed by atoms with Gasteiger partial charge in [0.1, 0.15) is 28.8 Å². The van der Waals surface area contributed by atoms with Gasteiger partial charge in [0.05, 0.1) is 17.9 Å². The molecule has 142 valence electrons. The Bertz CT molecular complexity index is 980. The van der Waals surface area contributed by atoms with E-state index in [0.717, 1.165) is 5.69 Å². The Balaban J connectivity index is 2.10. The van der Waals surface area contributed by atoms with Crippen molar-refractivity contribution >= 4 is 17.3 Å². The number of thiazole rings is 1. The second-order valence-corrected chi connectivity index (χ2v) is 6.82. The molecule has 0 unspecified atom stereocenters. The van der Waals surface area contributed by atoms with Crippen molar-refractivity contribution in [2.45, 2.75) is 26.9 Å². The Labute approximate surface area is 159 Å². The molecule has 0 atom stereocenters. The maximum absolute atomic E-state index is 10.7. The molecule has 4 N–H and O–H groups in total. The standard InChI is InChI=1S/C18H19N3O5S/c1-3-10-4-11(14(23)5-13(10)22)17-16(18-19-9(2)8-27-18)12(20-21-17)6-26-7-15(24)25/h4-5,8,22-23H,3,6-7H2,1-2H3,(H,20,21)(H,24,25). The van der Waals surface area contributed by atoms with Crippen LogP contribution in [0.15, 0.2) is 17.5 Å². The number of benzene rings is 1. The largest absolute Gasteiger partial charge is 0.508 e. The Hall–Kier alpha value is -2.91. The fourth-order valence-electron chi connectivity index (χ4n) is 2.71. The number of hydrogen-bond acceptors (Lipinski definition) is 7. The number of aromatic amines is 1. The molecule has 0 radical (unpaired) electrons. The van der Waals surface area contributed by atoms with E-state index in [1.54, 1.807) is 6.07 Å². The van der Waals surface area contributed by atoms with E-state index in [9.17, 15) is 15.0 Å². The van der Waals surface area contributed by atoms with Gasteiger partial charge in [-0.2, -0.15) is 5.10 Å². The Morgan fingerprint density at radius 3 is 2.70 bits per heavy atom. The Morgan fingerprint density at radius 1 is 1.30 bits per heavy atom. The average molecular weight is 389 g/mol. The number of aliphatic carboxylic acids is 1. The molecular formula is C18H19N3O5S. The van der Waals surface area contributed by atoms with Gasteiger partial charge in [-0.15, -0.1) is 11.3 Å². The molecule has 0 amide bonds. The number of aromatic nitrogens is 3. The zero-order chi connectivity index (χ0) is 19.6. The normalized spacial score (nSPS) is 11.0. The lowest BCUT2D eigenvalue weighted by atomic mass is 10.0. The fourth-order valence-corrected chi connectivity index (χ4v) is 3.58. The average Bonchev–Trinajstić information content (AvgIpc) is 3.21. The van der Waals surface area contributed by atoms with Gasteiger partial charge in [0.15, 0.2) is 0 Å². The number of carbonyl (C=O) groups is 1. The highest BCUT2D eigenvalue weighted by atomic mass is 32.1. The predicted molar refractivity (Wildman–Crippen MR) is 99.9 cm³/mol. The summed E-state index contributed by atoms with van der Waals surface area (Å²) >= 11 is 1.41. The maximum Gasteiger partial charge on any atom is 0.329 e. The van der Waals surface area contributed by atoms with Crippen LogP contribution in [0.3, 0.4) is 0 Å². The van der Waals surface area contributed by atoms with Crippen LogP contribution in [0.5, 0.6) is 11.5 Å². The van der Waals surface area contributed by atoms with E-state index in [2.05, 4.69) is 15.2 Å². The minimum absolute atomic E-state index is 0.00669. The third kappa shape index (κ3) is 3.93. The molecule has 2 heterocycles. The van der Waals surface area contributed by atoms with E-state index in [1.807, 2.05) is 19.2 Å². The third-order valence-electron chi connectivity index (χ3n) is 3.98. The number of aryl methyl sites for hydroxylation is 2. The van der Waals surface area contributed by atoms with Crippen LogP contribution < -0.4 is 0 Å². The van der Waals surface area contributed by atoms with Gasteiger partial charge in [0, 0.05) is 22.7 Å². The van der Waals surface area contributed by atoms with Crippen LogP contribution in [0.4, 0.5) is 0 Å². The Kier molecular flexibility index (Phi) is 5.43. The van der Waals surface area contributed by atoms with E-state index >= 15 is 0 Å². The van der Waals surface area contributed by atoms with Gasteiger partial charge < -0.3 is 20.1 Å². The summed E-state index contributed by atoms with van der Waals surface area (Å²) in [5, 5.41) is 38.8. The van der Waals surface area contributed by atoms with Gasteiger partial charge >= 0.3 is 5.97 Å². The van der Waals surface area contributed by atoms with Crippen LogP contribution in [-0.4, -0.2) is 43.1 Å². The molecule has 0 aliphatic rings. The number of ether oxygens (including phenoxy) is 1. The third-order valence-corrected chi connectivity index (χ3v) is 4.96. The van der Waals surface area contributed by atoms with Gasteiger partial charge in [0.25, 0.3) is 0 Å². The first-order valence-electron chi connectivity index (χ1n) is 8.25. The minimum atomic E-state index is -1.06. The second-order valence-electron chi connectivity index (χ2n) is 5.96. The summed E-state index contributed by atoms with van der Waals surface area (Å²) in [6.07, 6.45) is 0.587. The molecule has 27 heavy (non-hydrogen) atoms. The number of aromatic hydroxyl groups is 2. The summed E-state index contributed by atoms with van der Waals surface area (Å²) in [6, 6.07) is 2.98. The van der Waals surface area contributed by atoms with Gasteiger partial charge in [0.2, 0.25) is 0 Å². The monoisotopic (exact) mass is 389 g/mol. The summed E-state index contributed by atoms with van der Waals surface area (Å²) in [5.41, 5.74) is 3.63.